The molecule has 2 atom stereocenters. The van der Waals surface area contributed by atoms with Gasteiger partial charge in [-0.25, -0.2) is 4.79 Å². The maximum absolute atomic E-state index is 12.1. The Balaban J connectivity index is 1.56. The van der Waals surface area contributed by atoms with Crippen molar-refractivity contribution < 1.29 is 19.4 Å². The molecule has 0 spiro atoms. The third-order valence-electron chi connectivity index (χ3n) is 4.11. The van der Waals surface area contributed by atoms with E-state index in [0.29, 0.717) is 6.61 Å². The quantitative estimate of drug-likeness (QED) is 0.797. The fraction of sp³-hybridized carbons (Fsp3) is 0.471. The first kappa shape index (κ1) is 16.8. The van der Waals surface area contributed by atoms with E-state index in [-0.39, 0.29) is 12.6 Å². The van der Waals surface area contributed by atoms with Crippen molar-refractivity contribution in [1.82, 2.24) is 9.88 Å². The van der Waals surface area contributed by atoms with Crippen molar-refractivity contribution in [2.75, 3.05) is 18.5 Å². The van der Waals surface area contributed by atoms with Gasteiger partial charge in [-0.1, -0.05) is 6.07 Å². The second-order valence-corrected chi connectivity index (χ2v) is 6.43. The van der Waals surface area contributed by atoms with E-state index >= 15 is 0 Å². The number of carbonyl (C=O) groups excluding carboxylic acids is 1. The summed E-state index contributed by atoms with van der Waals surface area (Å²) in [5.41, 5.74) is 1.76. The summed E-state index contributed by atoms with van der Waals surface area (Å²) in [5.74, 6) is -0.698. The zero-order chi connectivity index (χ0) is 17.3. The Kier molecular flexibility index (Phi) is 4.49. The number of aliphatic hydroxyl groups excluding tert-OH is 1. The van der Waals surface area contributed by atoms with Crippen LogP contribution in [-0.4, -0.2) is 46.9 Å². The molecule has 1 aromatic heterocycles. The maximum atomic E-state index is 12.1. The fourth-order valence-electron chi connectivity index (χ4n) is 2.81. The molecule has 24 heavy (non-hydrogen) atoms. The molecule has 2 aromatic rings. The van der Waals surface area contributed by atoms with Gasteiger partial charge < -0.3 is 29.8 Å². The number of carbonyl (C=O) groups is 1. The summed E-state index contributed by atoms with van der Waals surface area (Å²) in [6, 6.07) is 7.30. The number of anilines is 1. The molecule has 0 saturated carbocycles. The first-order valence-corrected chi connectivity index (χ1v) is 7.94. The molecule has 2 amide bonds. The standard InChI is InChI=1S/C17H23N3O4/c1-17(2)23-10-15(24-17)14(21)9-18-16(22)19-12-5-4-6-13-11(12)7-8-20(13)3/h4-8,14-15,21H,9-10H2,1-3H3,(H2,18,19,22)/t14?,15-/m1/s1. The van der Waals surface area contributed by atoms with Gasteiger partial charge in [0.15, 0.2) is 5.79 Å². The Hall–Kier alpha value is -2.09. The van der Waals surface area contributed by atoms with Gasteiger partial charge in [-0.05, 0) is 32.0 Å². The summed E-state index contributed by atoms with van der Waals surface area (Å²) in [7, 11) is 1.95. The zero-order valence-electron chi connectivity index (χ0n) is 14.1. The molecule has 1 aliphatic rings. The molecule has 1 aliphatic heterocycles. The van der Waals surface area contributed by atoms with E-state index in [1.165, 1.54) is 0 Å². The number of hydrogen-bond acceptors (Lipinski definition) is 4. The summed E-state index contributed by atoms with van der Waals surface area (Å²) >= 11 is 0. The highest BCUT2D eigenvalue weighted by Crippen LogP contribution is 2.25. The Morgan fingerprint density at radius 2 is 2.25 bits per heavy atom. The fourth-order valence-corrected chi connectivity index (χ4v) is 2.81. The number of amides is 2. The predicted molar refractivity (Wildman–Crippen MR) is 90.9 cm³/mol. The van der Waals surface area contributed by atoms with Crippen LogP contribution in [0.4, 0.5) is 10.5 Å². The predicted octanol–water partition coefficient (Wildman–Crippen LogP) is 1.81. The maximum Gasteiger partial charge on any atom is 0.319 e. The van der Waals surface area contributed by atoms with Gasteiger partial charge in [0.1, 0.15) is 6.10 Å². The first-order valence-electron chi connectivity index (χ1n) is 7.94. The number of aromatic nitrogens is 1. The van der Waals surface area contributed by atoms with Gasteiger partial charge in [0.25, 0.3) is 0 Å². The van der Waals surface area contributed by atoms with Crippen LogP contribution in [0.25, 0.3) is 10.9 Å². The number of aliphatic hydroxyl groups is 1. The van der Waals surface area contributed by atoms with E-state index in [2.05, 4.69) is 10.6 Å². The van der Waals surface area contributed by atoms with Crippen LogP contribution >= 0.6 is 0 Å². The first-order chi connectivity index (χ1) is 11.4. The number of urea groups is 1. The van der Waals surface area contributed by atoms with E-state index in [4.69, 9.17) is 9.47 Å². The van der Waals surface area contributed by atoms with Crippen LogP contribution in [0.5, 0.6) is 0 Å². The molecular formula is C17H23N3O4. The van der Waals surface area contributed by atoms with Gasteiger partial charge in [-0.3, -0.25) is 0 Å². The molecule has 0 aliphatic carbocycles. The van der Waals surface area contributed by atoms with Crippen molar-refractivity contribution in [2.24, 2.45) is 7.05 Å². The number of ether oxygens (including phenoxy) is 2. The average molecular weight is 333 g/mol. The lowest BCUT2D eigenvalue weighted by molar-refractivity contribution is -0.150. The van der Waals surface area contributed by atoms with Crippen molar-refractivity contribution >= 4 is 22.6 Å². The van der Waals surface area contributed by atoms with E-state index < -0.39 is 18.0 Å². The molecule has 2 heterocycles. The Morgan fingerprint density at radius 1 is 1.46 bits per heavy atom. The molecule has 0 bridgehead atoms. The molecule has 1 saturated heterocycles. The third-order valence-corrected chi connectivity index (χ3v) is 4.11. The Morgan fingerprint density at radius 3 is 2.96 bits per heavy atom. The minimum absolute atomic E-state index is 0.0840. The summed E-state index contributed by atoms with van der Waals surface area (Å²) in [5, 5.41) is 16.6. The van der Waals surface area contributed by atoms with Crippen molar-refractivity contribution in [3.8, 4) is 0 Å². The molecule has 0 radical (unpaired) electrons. The SMILES string of the molecule is Cn1ccc2c(NC(=O)NCC(O)[C@H]3COC(C)(C)O3)cccc21. The number of rotatable bonds is 4. The second kappa shape index (κ2) is 6.43. The van der Waals surface area contributed by atoms with Crippen molar-refractivity contribution in [1.29, 1.82) is 0 Å². The molecule has 7 nitrogen and oxygen atoms in total. The lowest BCUT2D eigenvalue weighted by Crippen LogP contribution is -2.42. The highest BCUT2D eigenvalue weighted by atomic mass is 16.7. The minimum Gasteiger partial charge on any atom is -0.388 e. The van der Waals surface area contributed by atoms with Crippen LogP contribution in [0.3, 0.4) is 0 Å². The number of nitrogens with zero attached hydrogens (tertiary/aromatic N) is 1. The molecule has 1 aromatic carbocycles. The van der Waals surface area contributed by atoms with E-state index in [0.717, 1.165) is 16.6 Å². The van der Waals surface area contributed by atoms with E-state index in [9.17, 15) is 9.90 Å². The van der Waals surface area contributed by atoms with Crippen molar-refractivity contribution in [3.63, 3.8) is 0 Å². The monoisotopic (exact) mass is 333 g/mol. The summed E-state index contributed by atoms with van der Waals surface area (Å²) in [6.07, 6.45) is 0.666. The van der Waals surface area contributed by atoms with Crippen LogP contribution < -0.4 is 10.6 Å². The minimum atomic E-state index is -0.829. The van der Waals surface area contributed by atoms with Gasteiger partial charge in [0, 0.05) is 30.7 Å². The summed E-state index contributed by atoms with van der Waals surface area (Å²) in [4.78, 5) is 12.1. The molecule has 130 valence electrons. The summed E-state index contributed by atoms with van der Waals surface area (Å²) < 4.78 is 13.0. The number of fused-ring (bicyclic) bond motifs is 1. The van der Waals surface area contributed by atoms with Crippen LogP contribution in [0.2, 0.25) is 0 Å². The van der Waals surface area contributed by atoms with Crippen molar-refractivity contribution in [2.45, 2.75) is 31.8 Å². The Labute approximate surface area is 140 Å². The van der Waals surface area contributed by atoms with Gasteiger partial charge in [-0.15, -0.1) is 0 Å². The molecule has 3 rings (SSSR count). The van der Waals surface area contributed by atoms with Crippen molar-refractivity contribution in [3.05, 3.63) is 30.5 Å². The van der Waals surface area contributed by atoms with Gasteiger partial charge in [0.2, 0.25) is 0 Å². The second-order valence-electron chi connectivity index (χ2n) is 6.43. The summed E-state index contributed by atoms with van der Waals surface area (Å²) in [6.45, 7) is 3.97. The van der Waals surface area contributed by atoms with Crippen LogP contribution in [0, 0.1) is 0 Å². The molecule has 3 N–H and O–H groups in total. The average Bonchev–Trinajstić information content (AvgIpc) is 3.09. The molecule has 1 unspecified atom stereocenters. The largest absolute Gasteiger partial charge is 0.388 e. The number of aryl methyl sites for hydroxylation is 1. The van der Waals surface area contributed by atoms with Crippen LogP contribution in [0.1, 0.15) is 13.8 Å². The Bertz CT molecular complexity index is 741. The lowest BCUT2D eigenvalue weighted by atomic mass is 10.2. The number of benzene rings is 1. The van der Waals surface area contributed by atoms with E-state index in [1.807, 2.05) is 42.1 Å². The highest BCUT2D eigenvalue weighted by molar-refractivity contribution is 6.00. The normalized spacial score (nSPS) is 20.9. The smallest absolute Gasteiger partial charge is 0.319 e. The van der Waals surface area contributed by atoms with Gasteiger partial charge in [-0.2, -0.15) is 0 Å². The number of hydrogen-bond donors (Lipinski definition) is 3. The van der Waals surface area contributed by atoms with Crippen LogP contribution in [0.15, 0.2) is 30.5 Å². The van der Waals surface area contributed by atoms with Crippen LogP contribution in [-0.2, 0) is 16.5 Å². The highest BCUT2D eigenvalue weighted by Gasteiger charge is 2.36. The zero-order valence-corrected chi connectivity index (χ0v) is 14.1. The van der Waals surface area contributed by atoms with Gasteiger partial charge in [0.05, 0.1) is 18.4 Å². The van der Waals surface area contributed by atoms with E-state index in [1.54, 1.807) is 13.8 Å². The lowest BCUT2D eigenvalue weighted by Gasteiger charge is -2.20. The third kappa shape index (κ3) is 3.53. The van der Waals surface area contributed by atoms with Gasteiger partial charge >= 0.3 is 6.03 Å². The number of nitrogens with one attached hydrogen (secondary N) is 2. The topological polar surface area (TPSA) is 84.8 Å². The molecular weight excluding hydrogens is 310 g/mol. The molecule has 1 fully saturated rings. The molecule has 7 heteroatoms.